The molecule has 8 heteroatoms. The fourth-order valence-corrected chi connectivity index (χ4v) is 5.65. The van der Waals surface area contributed by atoms with E-state index < -0.39 is 11.7 Å². The van der Waals surface area contributed by atoms with Gasteiger partial charge in [-0.1, -0.05) is 35.9 Å². The summed E-state index contributed by atoms with van der Waals surface area (Å²) in [5.41, 5.74) is 7.83. The van der Waals surface area contributed by atoms with Crippen molar-refractivity contribution in [2.75, 3.05) is 30.9 Å². The van der Waals surface area contributed by atoms with Gasteiger partial charge in [-0.15, -0.1) is 0 Å². The summed E-state index contributed by atoms with van der Waals surface area (Å²) in [5, 5.41) is 4.85. The number of nitrogens with one attached hydrogen (secondary N) is 2. The van der Waals surface area contributed by atoms with Crippen LogP contribution in [-0.4, -0.2) is 37.5 Å². The van der Waals surface area contributed by atoms with Crippen LogP contribution >= 0.6 is 11.6 Å². The molecule has 1 unspecified atom stereocenters. The first-order valence-electron chi connectivity index (χ1n) is 12.7. The lowest BCUT2D eigenvalue weighted by Crippen LogP contribution is -2.39. The van der Waals surface area contributed by atoms with E-state index in [0.717, 1.165) is 43.0 Å². The number of fused-ring (bicyclic) bond motifs is 1. The van der Waals surface area contributed by atoms with Gasteiger partial charge in [-0.2, -0.15) is 0 Å². The first-order valence-corrected chi connectivity index (χ1v) is 13.0. The molecule has 0 saturated heterocycles. The van der Waals surface area contributed by atoms with Crippen molar-refractivity contribution in [2.45, 2.75) is 25.7 Å². The fraction of sp³-hybridized carbons (Fsp3) is 0.267. The average molecular weight is 533 g/mol. The third-order valence-corrected chi connectivity index (χ3v) is 7.65. The van der Waals surface area contributed by atoms with Crippen molar-refractivity contribution in [3.63, 3.8) is 0 Å². The van der Waals surface area contributed by atoms with Gasteiger partial charge in [0, 0.05) is 48.7 Å². The SMILES string of the molecule is CN(C)NC1=CCCC12CCN(C(=O)c1ccc(NC(=O)c3cc(F)ccc3Cl)cc1)c1ccccc1C2. The molecule has 0 aromatic heterocycles. The predicted octanol–water partition coefficient (Wildman–Crippen LogP) is 6.05. The lowest BCUT2D eigenvalue weighted by molar-refractivity contribution is 0.0983. The number of para-hydroxylation sites is 1. The van der Waals surface area contributed by atoms with E-state index in [4.69, 9.17) is 11.6 Å². The third kappa shape index (κ3) is 5.17. The van der Waals surface area contributed by atoms with Gasteiger partial charge in [-0.05, 0) is 79.8 Å². The Balaban J connectivity index is 1.36. The van der Waals surface area contributed by atoms with Gasteiger partial charge in [0.2, 0.25) is 0 Å². The minimum absolute atomic E-state index is 0.0400. The number of hydrazine groups is 1. The van der Waals surface area contributed by atoms with E-state index in [2.05, 4.69) is 22.9 Å². The molecule has 1 heterocycles. The molecule has 196 valence electrons. The van der Waals surface area contributed by atoms with Crippen molar-refractivity contribution in [3.05, 3.63) is 106 Å². The molecule has 0 bridgehead atoms. The Morgan fingerprint density at radius 2 is 1.79 bits per heavy atom. The number of rotatable bonds is 5. The maximum Gasteiger partial charge on any atom is 0.258 e. The number of halogens is 2. The first-order chi connectivity index (χ1) is 18.3. The van der Waals surface area contributed by atoms with Crippen LogP contribution in [0.4, 0.5) is 15.8 Å². The molecule has 3 aromatic carbocycles. The van der Waals surface area contributed by atoms with Gasteiger partial charge in [-0.3, -0.25) is 9.59 Å². The average Bonchev–Trinajstić information content (AvgIpc) is 3.18. The van der Waals surface area contributed by atoms with Crippen molar-refractivity contribution in [3.8, 4) is 0 Å². The molecule has 2 aliphatic rings. The zero-order chi connectivity index (χ0) is 26.9. The maximum atomic E-state index is 13.8. The zero-order valence-corrected chi connectivity index (χ0v) is 22.2. The molecule has 0 saturated carbocycles. The summed E-state index contributed by atoms with van der Waals surface area (Å²) >= 11 is 6.06. The summed E-state index contributed by atoms with van der Waals surface area (Å²) in [6, 6.07) is 18.5. The van der Waals surface area contributed by atoms with Crippen LogP contribution in [0.25, 0.3) is 0 Å². The Morgan fingerprint density at radius 1 is 1.03 bits per heavy atom. The highest BCUT2D eigenvalue weighted by Crippen LogP contribution is 2.47. The Hall–Kier alpha value is -3.68. The molecule has 2 amide bonds. The van der Waals surface area contributed by atoms with E-state index in [1.807, 2.05) is 42.2 Å². The Kier molecular flexibility index (Phi) is 7.23. The summed E-state index contributed by atoms with van der Waals surface area (Å²) in [6.45, 7) is 0.596. The van der Waals surface area contributed by atoms with Gasteiger partial charge in [0.1, 0.15) is 5.82 Å². The van der Waals surface area contributed by atoms with Crippen molar-refractivity contribution in [2.24, 2.45) is 5.41 Å². The van der Waals surface area contributed by atoms with Crippen LogP contribution in [-0.2, 0) is 6.42 Å². The standard InChI is InChI=1S/C30H30ClFN4O2/c1-35(2)34-27-8-5-15-30(27)16-17-36(26-7-4-3-6-21(26)19-30)29(38)20-9-12-23(13-10-20)33-28(37)24-18-22(32)11-14-25(24)31/h3-4,6-14,18,34H,5,15-17,19H2,1-2H3,(H,33,37). The molecule has 1 aliphatic heterocycles. The fourth-order valence-electron chi connectivity index (χ4n) is 5.45. The normalized spacial score (nSPS) is 18.7. The molecular formula is C30H30ClFN4O2. The largest absolute Gasteiger partial charge is 0.323 e. The monoisotopic (exact) mass is 532 g/mol. The van der Waals surface area contributed by atoms with Gasteiger partial charge in [0.15, 0.2) is 0 Å². The number of hydrogen-bond acceptors (Lipinski definition) is 4. The molecule has 0 fully saturated rings. The Labute approximate surface area is 227 Å². The Bertz CT molecular complexity index is 1410. The van der Waals surface area contributed by atoms with E-state index in [1.54, 1.807) is 24.3 Å². The predicted molar refractivity (Wildman–Crippen MR) is 149 cm³/mol. The van der Waals surface area contributed by atoms with E-state index in [-0.39, 0.29) is 21.9 Å². The molecule has 5 rings (SSSR count). The number of nitrogens with zero attached hydrogens (tertiary/aromatic N) is 2. The second kappa shape index (κ2) is 10.6. The van der Waals surface area contributed by atoms with Crippen LogP contribution in [0.3, 0.4) is 0 Å². The van der Waals surface area contributed by atoms with Crippen molar-refractivity contribution >= 4 is 34.8 Å². The summed E-state index contributed by atoms with van der Waals surface area (Å²) in [7, 11) is 3.98. The van der Waals surface area contributed by atoms with E-state index in [1.165, 1.54) is 17.8 Å². The zero-order valence-electron chi connectivity index (χ0n) is 21.4. The van der Waals surface area contributed by atoms with Gasteiger partial charge in [0.25, 0.3) is 11.8 Å². The molecule has 38 heavy (non-hydrogen) atoms. The van der Waals surface area contributed by atoms with Crippen molar-refractivity contribution in [1.29, 1.82) is 0 Å². The molecule has 0 radical (unpaired) electrons. The molecule has 6 nitrogen and oxygen atoms in total. The van der Waals surface area contributed by atoms with Crippen LogP contribution in [0.15, 0.2) is 78.5 Å². The van der Waals surface area contributed by atoms with Crippen LogP contribution in [0.5, 0.6) is 0 Å². The number of allylic oxidation sites excluding steroid dienone is 2. The summed E-state index contributed by atoms with van der Waals surface area (Å²) in [4.78, 5) is 28.2. The minimum Gasteiger partial charge on any atom is -0.323 e. The quantitative estimate of drug-likeness (QED) is 0.392. The second-order valence-electron chi connectivity index (χ2n) is 10.1. The number of anilines is 2. The summed E-state index contributed by atoms with van der Waals surface area (Å²) in [6.07, 6.45) is 6.06. The number of carbonyl (C=O) groups is 2. The van der Waals surface area contributed by atoms with Crippen LogP contribution in [0.2, 0.25) is 5.02 Å². The van der Waals surface area contributed by atoms with Crippen LogP contribution in [0.1, 0.15) is 45.5 Å². The van der Waals surface area contributed by atoms with Crippen LogP contribution in [0, 0.1) is 11.2 Å². The molecule has 1 atom stereocenters. The van der Waals surface area contributed by atoms with Gasteiger partial charge < -0.3 is 15.6 Å². The highest BCUT2D eigenvalue weighted by atomic mass is 35.5. The van der Waals surface area contributed by atoms with Gasteiger partial charge >= 0.3 is 0 Å². The van der Waals surface area contributed by atoms with E-state index >= 15 is 0 Å². The van der Waals surface area contributed by atoms with Crippen molar-refractivity contribution < 1.29 is 14.0 Å². The molecule has 1 aliphatic carbocycles. The Morgan fingerprint density at radius 3 is 2.55 bits per heavy atom. The first kappa shape index (κ1) is 25.9. The molecule has 3 aromatic rings. The molecule has 2 N–H and O–H groups in total. The molecule has 1 spiro atoms. The lowest BCUT2D eigenvalue weighted by atomic mass is 9.76. The number of benzene rings is 3. The highest BCUT2D eigenvalue weighted by molar-refractivity contribution is 6.34. The maximum absolute atomic E-state index is 13.8. The number of amides is 2. The smallest absolute Gasteiger partial charge is 0.258 e. The van der Waals surface area contributed by atoms with E-state index in [9.17, 15) is 14.0 Å². The topological polar surface area (TPSA) is 64.7 Å². The molecular weight excluding hydrogens is 503 g/mol. The van der Waals surface area contributed by atoms with Gasteiger partial charge in [0.05, 0.1) is 10.6 Å². The second-order valence-corrected chi connectivity index (χ2v) is 10.5. The van der Waals surface area contributed by atoms with Crippen molar-refractivity contribution in [1.82, 2.24) is 10.4 Å². The van der Waals surface area contributed by atoms with Crippen LogP contribution < -0.4 is 15.6 Å². The van der Waals surface area contributed by atoms with E-state index in [0.29, 0.717) is 17.8 Å². The van der Waals surface area contributed by atoms with Gasteiger partial charge in [-0.25, -0.2) is 9.40 Å². The summed E-state index contributed by atoms with van der Waals surface area (Å²) < 4.78 is 13.6. The highest BCUT2D eigenvalue weighted by Gasteiger charge is 2.41. The summed E-state index contributed by atoms with van der Waals surface area (Å²) in [5.74, 6) is -1.16. The minimum atomic E-state index is -0.544. The lowest BCUT2D eigenvalue weighted by Gasteiger charge is -2.34. The third-order valence-electron chi connectivity index (χ3n) is 7.32. The number of hydrogen-bond donors (Lipinski definition) is 2. The number of carbonyl (C=O) groups excluding carboxylic acids is 2.